The van der Waals surface area contributed by atoms with E-state index in [4.69, 9.17) is 9.47 Å². The zero-order chi connectivity index (χ0) is 27.3. The van der Waals surface area contributed by atoms with Gasteiger partial charge in [-0.15, -0.1) is 11.3 Å². The average Bonchev–Trinajstić information content (AvgIpc) is 3.26. The van der Waals surface area contributed by atoms with Crippen LogP contribution in [0.1, 0.15) is 53.1 Å². The van der Waals surface area contributed by atoms with Crippen molar-refractivity contribution in [2.24, 2.45) is 0 Å². The molecule has 10 heteroatoms. The molecule has 2 aromatic carbocycles. The number of rotatable bonds is 10. The van der Waals surface area contributed by atoms with Crippen molar-refractivity contribution in [2.75, 3.05) is 29.4 Å². The molecule has 0 fully saturated rings. The van der Waals surface area contributed by atoms with Gasteiger partial charge < -0.3 is 14.8 Å². The third-order valence-corrected chi connectivity index (χ3v) is 9.23. The van der Waals surface area contributed by atoms with Crippen molar-refractivity contribution in [1.29, 1.82) is 0 Å². The van der Waals surface area contributed by atoms with Crippen molar-refractivity contribution in [1.82, 2.24) is 0 Å². The SMILES string of the molecule is CCOC(=O)c1c(NC(=O)CN(c2ccc(OCC)cc2)S(=O)(=O)c2ccc(C)cc2)sc2c1CCCC2. The lowest BCUT2D eigenvalue weighted by atomic mass is 9.95. The molecule has 8 nitrogen and oxygen atoms in total. The molecule has 3 aromatic rings. The molecular formula is C28H32N2O6S2. The van der Waals surface area contributed by atoms with E-state index in [0.29, 0.717) is 28.6 Å². The Morgan fingerprint density at radius 3 is 2.32 bits per heavy atom. The van der Waals surface area contributed by atoms with Gasteiger partial charge in [-0.3, -0.25) is 9.10 Å². The van der Waals surface area contributed by atoms with Crippen LogP contribution in [0.3, 0.4) is 0 Å². The first-order valence-corrected chi connectivity index (χ1v) is 14.9. The molecule has 1 aromatic heterocycles. The van der Waals surface area contributed by atoms with Crippen molar-refractivity contribution < 1.29 is 27.5 Å². The number of carbonyl (C=O) groups excluding carboxylic acids is 2. The molecule has 1 N–H and O–H groups in total. The number of sulfonamides is 1. The molecule has 0 radical (unpaired) electrons. The second-order valence-corrected chi connectivity index (χ2v) is 11.9. The number of hydrogen-bond acceptors (Lipinski definition) is 7. The highest BCUT2D eigenvalue weighted by Gasteiger charge is 2.30. The van der Waals surface area contributed by atoms with Gasteiger partial charge in [0.05, 0.1) is 29.4 Å². The Morgan fingerprint density at radius 2 is 1.66 bits per heavy atom. The number of amides is 1. The minimum absolute atomic E-state index is 0.0728. The summed E-state index contributed by atoms with van der Waals surface area (Å²) in [7, 11) is -4.08. The number of esters is 1. The van der Waals surface area contributed by atoms with E-state index in [9.17, 15) is 18.0 Å². The number of fused-ring (bicyclic) bond motifs is 1. The second-order valence-electron chi connectivity index (χ2n) is 8.94. The Kier molecular flexibility index (Phi) is 8.73. The predicted molar refractivity (Wildman–Crippen MR) is 149 cm³/mol. The molecule has 0 bridgehead atoms. The van der Waals surface area contributed by atoms with Gasteiger partial charge >= 0.3 is 5.97 Å². The fourth-order valence-corrected chi connectivity index (χ4v) is 7.11. The van der Waals surface area contributed by atoms with Gasteiger partial charge in [0, 0.05) is 4.88 Å². The first-order valence-electron chi connectivity index (χ1n) is 12.7. The van der Waals surface area contributed by atoms with E-state index in [0.717, 1.165) is 46.0 Å². The summed E-state index contributed by atoms with van der Waals surface area (Å²) >= 11 is 1.36. The zero-order valence-electron chi connectivity index (χ0n) is 21.8. The number of ether oxygens (including phenoxy) is 2. The van der Waals surface area contributed by atoms with Crippen molar-refractivity contribution in [3.05, 3.63) is 70.1 Å². The van der Waals surface area contributed by atoms with Gasteiger partial charge in [0.25, 0.3) is 10.0 Å². The molecule has 1 aliphatic carbocycles. The molecule has 0 atom stereocenters. The summed E-state index contributed by atoms with van der Waals surface area (Å²) in [5.41, 5.74) is 2.54. The summed E-state index contributed by atoms with van der Waals surface area (Å²) in [4.78, 5) is 27.3. The minimum Gasteiger partial charge on any atom is -0.494 e. The maximum absolute atomic E-state index is 13.7. The van der Waals surface area contributed by atoms with Gasteiger partial charge in [0.2, 0.25) is 5.91 Å². The summed E-state index contributed by atoms with van der Waals surface area (Å²) in [6.07, 6.45) is 3.56. The summed E-state index contributed by atoms with van der Waals surface area (Å²) in [5.74, 6) is -0.437. The van der Waals surface area contributed by atoms with E-state index < -0.39 is 28.4 Å². The minimum atomic E-state index is -4.08. The number of hydrogen-bond donors (Lipinski definition) is 1. The van der Waals surface area contributed by atoms with E-state index >= 15 is 0 Å². The molecule has 0 saturated carbocycles. The molecule has 0 aliphatic heterocycles. The molecule has 38 heavy (non-hydrogen) atoms. The smallest absolute Gasteiger partial charge is 0.341 e. The van der Waals surface area contributed by atoms with Gasteiger partial charge in [-0.25, -0.2) is 13.2 Å². The van der Waals surface area contributed by atoms with Crippen LogP contribution < -0.4 is 14.4 Å². The van der Waals surface area contributed by atoms with Crippen molar-refractivity contribution >= 4 is 43.9 Å². The predicted octanol–water partition coefficient (Wildman–Crippen LogP) is 5.34. The number of aryl methyl sites for hydroxylation is 2. The maximum Gasteiger partial charge on any atom is 0.341 e. The highest BCUT2D eigenvalue weighted by Crippen LogP contribution is 2.38. The van der Waals surface area contributed by atoms with Gasteiger partial charge in [0.15, 0.2) is 0 Å². The second kappa shape index (κ2) is 12.0. The quantitative estimate of drug-likeness (QED) is 0.338. The molecule has 0 saturated heterocycles. The molecule has 202 valence electrons. The Morgan fingerprint density at radius 1 is 0.974 bits per heavy atom. The fraction of sp³-hybridized carbons (Fsp3) is 0.357. The fourth-order valence-electron chi connectivity index (χ4n) is 4.40. The van der Waals surface area contributed by atoms with E-state index in [1.54, 1.807) is 43.3 Å². The number of benzene rings is 2. The normalized spacial score (nSPS) is 12.9. The first kappa shape index (κ1) is 27.7. The Labute approximate surface area is 227 Å². The van der Waals surface area contributed by atoms with Crippen LogP contribution in [0.4, 0.5) is 10.7 Å². The largest absolute Gasteiger partial charge is 0.494 e. The number of carbonyl (C=O) groups is 2. The molecule has 4 rings (SSSR count). The Hall–Kier alpha value is -3.37. The van der Waals surface area contributed by atoms with Crippen LogP contribution in [0, 0.1) is 6.92 Å². The van der Waals surface area contributed by atoms with Crippen LogP contribution in [0.2, 0.25) is 0 Å². The Bertz CT molecular complexity index is 1400. The van der Waals surface area contributed by atoms with Crippen LogP contribution in [0.5, 0.6) is 5.75 Å². The van der Waals surface area contributed by atoms with E-state index in [1.807, 2.05) is 13.8 Å². The molecule has 1 heterocycles. The Balaban J connectivity index is 1.67. The standard InChI is InChI=1S/C28H32N2O6S2/c1-4-35-21-14-12-20(13-15-21)30(38(33,34)22-16-10-19(3)11-17-22)18-25(31)29-27-26(28(32)36-5-2)23-8-6-7-9-24(23)37-27/h10-17H,4-9,18H2,1-3H3,(H,29,31). The summed E-state index contributed by atoms with van der Waals surface area (Å²) < 4.78 is 39.2. The molecule has 1 amide bonds. The number of anilines is 2. The van der Waals surface area contributed by atoms with Gasteiger partial charge in [-0.05, 0) is 88.4 Å². The van der Waals surface area contributed by atoms with Gasteiger partial charge in [-0.2, -0.15) is 0 Å². The summed E-state index contributed by atoms with van der Waals surface area (Å²) in [5, 5.41) is 3.22. The van der Waals surface area contributed by atoms with Gasteiger partial charge in [0.1, 0.15) is 17.3 Å². The van der Waals surface area contributed by atoms with E-state index in [-0.39, 0.29) is 11.5 Å². The van der Waals surface area contributed by atoms with Crippen LogP contribution >= 0.6 is 11.3 Å². The number of nitrogens with zero attached hydrogens (tertiary/aromatic N) is 1. The van der Waals surface area contributed by atoms with E-state index in [1.165, 1.54) is 23.5 Å². The van der Waals surface area contributed by atoms with Crippen LogP contribution in [-0.2, 0) is 32.4 Å². The molecular weight excluding hydrogens is 524 g/mol. The van der Waals surface area contributed by atoms with Crippen LogP contribution in [0.15, 0.2) is 53.4 Å². The summed E-state index contributed by atoms with van der Waals surface area (Å²) in [6, 6.07) is 13.0. The zero-order valence-corrected chi connectivity index (χ0v) is 23.4. The number of nitrogens with one attached hydrogen (secondary N) is 1. The highest BCUT2D eigenvalue weighted by molar-refractivity contribution is 7.92. The lowest BCUT2D eigenvalue weighted by molar-refractivity contribution is -0.114. The molecule has 0 spiro atoms. The molecule has 1 aliphatic rings. The average molecular weight is 557 g/mol. The third kappa shape index (κ3) is 6.02. The van der Waals surface area contributed by atoms with Crippen molar-refractivity contribution in [2.45, 2.75) is 51.3 Å². The lowest BCUT2D eigenvalue weighted by Crippen LogP contribution is -2.38. The third-order valence-electron chi connectivity index (χ3n) is 6.24. The van der Waals surface area contributed by atoms with Crippen LogP contribution in [0.25, 0.3) is 0 Å². The topological polar surface area (TPSA) is 102 Å². The highest BCUT2D eigenvalue weighted by atomic mass is 32.2. The lowest BCUT2D eigenvalue weighted by Gasteiger charge is -2.24. The van der Waals surface area contributed by atoms with Crippen molar-refractivity contribution in [3.63, 3.8) is 0 Å². The maximum atomic E-state index is 13.7. The summed E-state index contributed by atoms with van der Waals surface area (Å²) in [6.45, 7) is 5.68. The number of thiophene rings is 1. The van der Waals surface area contributed by atoms with E-state index in [2.05, 4.69) is 5.32 Å². The monoisotopic (exact) mass is 556 g/mol. The van der Waals surface area contributed by atoms with Gasteiger partial charge in [-0.1, -0.05) is 17.7 Å². The first-order chi connectivity index (χ1) is 18.2. The van der Waals surface area contributed by atoms with Crippen LogP contribution in [-0.4, -0.2) is 40.1 Å². The van der Waals surface area contributed by atoms with Crippen molar-refractivity contribution in [3.8, 4) is 5.75 Å². The molecule has 0 unspecified atom stereocenters.